The summed E-state index contributed by atoms with van der Waals surface area (Å²) in [6.45, 7) is 2.94. The monoisotopic (exact) mass is 522 g/mol. The first kappa shape index (κ1) is 26.3. The summed E-state index contributed by atoms with van der Waals surface area (Å²) in [7, 11) is 0. The first-order valence-electron chi connectivity index (χ1n) is 13.0. The fourth-order valence-electron chi connectivity index (χ4n) is 4.42. The van der Waals surface area contributed by atoms with Gasteiger partial charge in [-0.3, -0.25) is 0 Å². The second-order valence-corrected chi connectivity index (χ2v) is 10.6. The molecule has 0 saturated heterocycles. The van der Waals surface area contributed by atoms with Gasteiger partial charge in [-0.2, -0.15) is 0 Å². The summed E-state index contributed by atoms with van der Waals surface area (Å²) < 4.78 is 2.29. The average Bonchev–Trinajstić information content (AvgIpc) is 3.66. The molecule has 190 valence electrons. The molecule has 0 aliphatic rings. The third-order valence-electron chi connectivity index (χ3n) is 6.43. The number of aryl methyl sites for hydroxylation is 1. The minimum atomic E-state index is 0.679. The predicted octanol–water partition coefficient (Wildman–Crippen LogP) is 7.63. The van der Waals surface area contributed by atoms with Gasteiger partial charge in [0.1, 0.15) is 5.82 Å². The van der Waals surface area contributed by atoms with Crippen molar-refractivity contribution in [2.45, 2.75) is 77.7 Å². The normalized spacial score (nSPS) is 11.9. The molecule has 1 aromatic carbocycles. The van der Waals surface area contributed by atoms with Gasteiger partial charge in [0.15, 0.2) is 5.82 Å². The molecule has 0 aliphatic heterocycles. The number of allylic oxidation sites excluding steroid dienone is 1. The molecule has 36 heavy (non-hydrogen) atoms. The zero-order chi connectivity index (χ0) is 25.0. The van der Waals surface area contributed by atoms with E-state index in [1.54, 1.807) is 11.3 Å². The Kier molecular flexibility index (Phi) is 10.3. The van der Waals surface area contributed by atoms with Crippen molar-refractivity contribution in [2.24, 2.45) is 0 Å². The van der Waals surface area contributed by atoms with Gasteiger partial charge < -0.3 is 4.57 Å². The van der Waals surface area contributed by atoms with Gasteiger partial charge in [0.2, 0.25) is 0 Å². The molecule has 3 aromatic heterocycles. The van der Waals surface area contributed by atoms with E-state index in [0.29, 0.717) is 12.4 Å². The lowest BCUT2D eigenvalue weighted by atomic mass is 10.1. The number of tetrazole rings is 1. The fourth-order valence-corrected chi connectivity index (χ4v) is 5.34. The van der Waals surface area contributed by atoms with E-state index in [1.165, 1.54) is 49.8 Å². The number of H-pyrrole nitrogens is 1. The van der Waals surface area contributed by atoms with Gasteiger partial charge in [0.05, 0.1) is 18.4 Å². The van der Waals surface area contributed by atoms with Crippen LogP contribution in [0.2, 0.25) is 5.02 Å². The minimum absolute atomic E-state index is 0.679. The van der Waals surface area contributed by atoms with Crippen molar-refractivity contribution in [1.29, 1.82) is 0 Å². The summed E-state index contributed by atoms with van der Waals surface area (Å²) in [5, 5.41) is 17.6. The molecule has 4 aromatic rings. The Morgan fingerprint density at radius 2 is 1.83 bits per heavy atom. The van der Waals surface area contributed by atoms with Gasteiger partial charge in [-0.25, -0.2) is 10.1 Å². The van der Waals surface area contributed by atoms with Gasteiger partial charge in [0, 0.05) is 28.3 Å². The molecule has 1 N–H and O–H groups in total. The highest BCUT2D eigenvalue weighted by Crippen LogP contribution is 2.25. The maximum absolute atomic E-state index is 6.55. The number of nitrogens with zero attached hydrogens (tertiary/aromatic N) is 5. The summed E-state index contributed by atoms with van der Waals surface area (Å²) in [5.74, 6) is 1.77. The Morgan fingerprint density at radius 3 is 2.56 bits per heavy atom. The van der Waals surface area contributed by atoms with Crippen LogP contribution in [0.4, 0.5) is 0 Å². The van der Waals surface area contributed by atoms with E-state index in [4.69, 9.17) is 16.6 Å². The number of thiophene rings is 1. The van der Waals surface area contributed by atoms with Crippen molar-refractivity contribution in [3.05, 3.63) is 80.8 Å². The third kappa shape index (κ3) is 7.61. The van der Waals surface area contributed by atoms with Crippen molar-refractivity contribution >= 4 is 34.6 Å². The molecule has 0 radical (unpaired) electrons. The summed E-state index contributed by atoms with van der Waals surface area (Å²) in [6, 6.07) is 12.2. The minimum Gasteiger partial charge on any atom is -0.324 e. The van der Waals surface area contributed by atoms with Crippen molar-refractivity contribution in [2.75, 3.05) is 0 Å². The Balaban J connectivity index is 1.54. The summed E-state index contributed by atoms with van der Waals surface area (Å²) in [6.07, 6.45) is 16.2. The number of hydrogen-bond acceptors (Lipinski definition) is 5. The third-order valence-corrected chi connectivity index (χ3v) is 7.67. The second-order valence-electron chi connectivity index (χ2n) is 9.18. The zero-order valence-electron chi connectivity index (χ0n) is 21.0. The number of rotatable bonds is 15. The van der Waals surface area contributed by atoms with Crippen LogP contribution in [0.3, 0.4) is 0 Å². The van der Waals surface area contributed by atoms with E-state index >= 15 is 0 Å². The average molecular weight is 523 g/mol. The van der Waals surface area contributed by atoms with Crippen LogP contribution in [0.1, 0.15) is 86.1 Å². The van der Waals surface area contributed by atoms with E-state index in [9.17, 15) is 0 Å². The number of nitrogens with one attached hydrogen (secondary N) is 1. The largest absolute Gasteiger partial charge is 0.324 e. The van der Waals surface area contributed by atoms with E-state index in [1.807, 2.05) is 24.4 Å². The Labute approximate surface area is 222 Å². The van der Waals surface area contributed by atoms with Crippen molar-refractivity contribution in [3.8, 4) is 0 Å². The van der Waals surface area contributed by atoms with Gasteiger partial charge in [0.25, 0.3) is 0 Å². The number of unbranched alkanes of at least 4 members (excludes halogenated alkanes) is 7. The van der Waals surface area contributed by atoms with Crippen LogP contribution in [0.15, 0.2) is 48.0 Å². The molecule has 0 bridgehead atoms. The molecule has 3 heterocycles. The van der Waals surface area contributed by atoms with Crippen LogP contribution in [-0.2, 0) is 19.4 Å². The summed E-state index contributed by atoms with van der Waals surface area (Å²) in [5.41, 5.74) is 3.15. The highest BCUT2D eigenvalue weighted by Gasteiger charge is 2.14. The first-order chi connectivity index (χ1) is 17.7. The standard InChI is InChI=1S/C28H35ClN6S/c1-2-3-4-5-6-7-8-9-16-27-30-20-24(35(27)21-22-13-10-11-15-26(22)29)18-23(28-31-33-34-32-28)19-25-14-12-17-36-25/h10-15,17-18,20H,2-9,16,19,21H2,1H3,(H,31,32,33,34). The zero-order valence-corrected chi connectivity index (χ0v) is 22.6. The SMILES string of the molecule is CCCCCCCCCCc1ncc(C=C(Cc2cccs2)c2nnn[nH]2)n1Cc1ccccc1Cl. The Bertz CT molecular complexity index is 1200. The highest BCUT2D eigenvalue weighted by atomic mass is 35.5. The van der Waals surface area contributed by atoms with Crippen molar-refractivity contribution in [3.63, 3.8) is 0 Å². The van der Waals surface area contributed by atoms with E-state index in [0.717, 1.165) is 46.9 Å². The second kappa shape index (κ2) is 14.1. The molecule has 4 rings (SSSR count). The topological polar surface area (TPSA) is 72.3 Å². The quantitative estimate of drug-likeness (QED) is 0.163. The number of aromatic nitrogens is 6. The molecule has 0 fully saturated rings. The van der Waals surface area contributed by atoms with E-state index < -0.39 is 0 Å². The lowest BCUT2D eigenvalue weighted by molar-refractivity contribution is 0.566. The maximum Gasteiger partial charge on any atom is 0.175 e. The number of hydrogen-bond donors (Lipinski definition) is 1. The van der Waals surface area contributed by atoms with Crippen molar-refractivity contribution in [1.82, 2.24) is 30.2 Å². The number of imidazole rings is 1. The summed E-state index contributed by atoms with van der Waals surface area (Å²) >= 11 is 8.28. The molecule has 6 nitrogen and oxygen atoms in total. The van der Waals surface area contributed by atoms with Gasteiger partial charge >= 0.3 is 0 Å². The highest BCUT2D eigenvalue weighted by molar-refractivity contribution is 7.10. The molecule has 0 atom stereocenters. The molecule has 0 aliphatic carbocycles. The van der Waals surface area contributed by atoms with Crippen molar-refractivity contribution < 1.29 is 0 Å². The van der Waals surface area contributed by atoms with Crippen LogP contribution in [0, 0.1) is 0 Å². The smallest absolute Gasteiger partial charge is 0.175 e. The molecule has 8 heteroatoms. The number of aromatic amines is 1. The Hall–Kier alpha value is -2.77. The predicted molar refractivity (Wildman–Crippen MR) is 149 cm³/mol. The lowest BCUT2D eigenvalue weighted by Gasteiger charge is -2.13. The van der Waals surface area contributed by atoms with Gasteiger partial charge in [-0.1, -0.05) is 87.7 Å². The van der Waals surface area contributed by atoms with Crippen LogP contribution >= 0.6 is 22.9 Å². The fraction of sp³-hybridized carbons (Fsp3) is 0.429. The van der Waals surface area contributed by atoms with Gasteiger partial charge in [-0.15, -0.1) is 16.4 Å². The molecular formula is C28H35ClN6S. The van der Waals surface area contributed by atoms with Gasteiger partial charge in [-0.05, 0) is 46.0 Å². The van der Waals surface area contributed by atoms with Crippen LogP contribution < -0.4 is 0 Å². The molecular weight excluding hydrogens is 488 g/mol. The number of halogens is 1. The van der Waals surface area contributed by atoms with Crippen LogP contribution in [0.25, 0.3) is 11.6 Å². The maximum atomic E-state index is 6.55. The molecule has 0 unspecified atom stereocenters. The Morgan fingerprint density at radius 1 is 1.03 bits per heavy atom. The summed E-state index contributed by atoms with van der Waals surface area (Å²) in [4.78, 5) is 6.11. The van der Waals surface area contributed by atoms with E-state index in [2.05, 4.69) is 61.8 Å². The molecule has 0 saturated carbocycles. The first-order valence-corrected chi connectivity index (χ1v) is 14.2. The number of benzene rings is 1. The van der Waals surface area contributed by atoms with Crippen LogP contribution in [-0.4, -0.2) is 30.2 Å². The molecule has 0 spiro atoms. The lowest BCUT2D eigenvalue weighted by Crippen LogP contribution is -2.08. The van der Waals surface area contributed by atoms with Crippen LogP contribution in [0.5, 0.6) is 0 Å². The molecule has 0 amide bonds. The van der Waals surface area contributed by atoms with E-state index in [-0.39, 0.29) is 0 Å².